The lowest BCUT2D eigenvalue weighted by molar-refractivity contribution is -0.465. The molecule has 3 aliphatic heterocycles. The second-order valence-electron chi connectivity index (χ2n) is 26.9. The van der Waals surface area contributed by atoms with Gasteiger partial charge in [-0.15, -0.1) is 0 Å². The number of phenols is 1. The van der Waals surface area contributed by atoms with Crippen LogP contribution in [-0.4, -0.2) is 205 Å². The minimum absolute atomic E-state index is 0. The number of amides is 7. The number of phenolic OH excluding ortho intramolecular Hbond substituents is 1. The maximum absolute atomic E-state index is 15.7. The summed E-state index contributed by atoms with van der Waals surface area (Å²) in [7, 11) is 0. The van der Waals surface area contributed by atoms with Crippen LogP contribution in [0.2, 0.25) is 0 Å². The molecular weight excluding hydrogens is 1330 g/mol. The molecule has 16 N–H and O–H groups in total. The Morgan fingerprint density at radius 2 is 1.39 bits per heavy atom. The van der Waals surface area contributed by atoms with Gasteiger partial charge in [-0.2, -0.15) is 0 Å². The van der Waals surface area contributed by atoms with Crippen LogP contribution in [-0.2, 0) is 38.7 Å². The number of nitrogens with one attached hydrogen (secondary N) is 5. The van der Waals surface area contributed by atoms with Crippen molar-refractivity contribution < 1.29 is 459 Å². The zero-order valence-electron chi connectivity index (χ0n) is 77.5. The summed E-state index contributed by atoms with van der Waals surface area (Å²) in [4.78, 5) is 114. The number of rotatable bonds is 18. The van der Waals surface area contributed by atoms with Crippen LogP contribution in [0, 0.1) is 57.8 Å². The van der Waals surface area contributed by atoms with Gasteiger partial charge < -0.3 is 82.0 Å². The number of carbonyl (C=O) groups excluding carboxylic acids is 7. The standard InChI is InChI=1S/C74H105N7O18.CH4.H2O3.231H2/c1-18-36(6)29-40(10)98-48-23-26-50(39(9)32-48)45-21-24-49(37(7)30-45)46-22-25-51(38(8)31-46)64(90)75-56-43(13)60(86)68(99-97)78-67(93)59-63(89)73(16,35(4)5)44(14)81(59)69(94)57(53(83)19-2)76-65(91)58(62(88)61(87)52-27-28-54(84)42(12)41(52)11)77-70(95)72(15)33-47(82)34-80(72)71(96)74(17,55(85)20-3)79-66(56)92;;1-3-2;;;;;;;;;;;;;;;;;;;;;;;;;;;;;;;;;;;;;;;;;;;;;;;;;;;;;;;;;;;;;;;;;;;;;;;;;;;;;;;;;;;;;;;;;;;;;;;;;;;;;;;;;;;;;;;;;;;;;;;;;;;;;;;;;;;;;;;;;;;;;;;;;;;;;;;;;;;;;;;;;;;;;;;;;;;;;;;;;;;;;;;;;;;;;;;;;;;;;;;;;;;;;;;;;;;;;;;;;;;;;;;;;;;;;;;/h21-28,30-32,35-36,40,43-44,47,53,55-63,68,82-89,97H,18-20,29,33-34H2,1-17H3,(H,75,90)(H,76,91)(H,77,95)(H,78,93)(H,79,92);1H4;1-2H;231*1H/t36?,40?,43?,44?,47-,53-,55-,56+,57+,58+,59+,60-,61+,62+,63-,68-,72+,73+,74+;;;;;;;;;;;;;;;;;;;;;;;;;;;;;;;;;;;;;;;;;;;;;;;;;;;;;;;;;;;;;;;;;;;;;;;;;;;;;;;;;;;;;;;;;;;;;;;;;;;;;;;;;;;;;;;;;;;;;;;;;;;;;;;;;;;;;;;;;;;;;;;;;;;;;;;;;;;;;;;;;;;;;;;;;;;;;;;;;;;;;;;;;;;;;;;;;;;;;;;;;;;;;;;;;;;;;;;;;;;;;;;;;;;;;;;;;/m1........................................................................................................................................................................................................................................./s1/i1D3,18D2,21D,22D,23D,24D,25D,26D,29D2,30D,31D,32D,36D,40D;;;;;;;;;;;;;;;;;;;;;;;;;;;;;;;;;;;;;;;;;;;;;;;;;;;;;;;;;;;;;;;;;;;;;;;;;;;;;;;;;;;;;;;;;;;;;;;;;;;;;;;;;;;;;;;;;;;;;;;;;;;;;;;;;;;;;;;;;;;;;;;;;;;;;;;;;;;;;;;;;;;;;;;;;;;;;;;;;;;;;;;;;;;;;;;;;;;;;;;;;;;;;;;;;;;;;;;;;;;;;;;;;;;;;;;;;. The van der Waals surface area contributed by atoms with E-state index in [0.29, 0.717) is 18.7 Å². The molecule has 3 fully saturated rings. The highest BCUT2D eigenvalue weighted by Gasteiger charge is 2.62. The quantitative estimate of drug-likeness (QED) is 0.0325. The Bertz CT molecular complexity index is 4780. The molecule has 1034 valence electrons. The third-order valence-corrected chi connectivity index (χ3v) is 20.1. The number of aliphatic hydroxyl groups excluding tert-OH is 7. The van der Waals surface area contributed by atoms with Crippen molar-refractivity contribution in [3.8, 4) is 33.8 Å². The average Bonchev–Trinajstić information content (AvgIpc) is 1.01. The first kappa shape index (κ1) is 61.6. The molecule has 7 rings (SSSR count). The largest absolute Gasteiger partial charge is 0.508 e. The number of hydrogen-bond acceptors (Lipinski definition) is 21. The Balaban J connectivity index is -0.00000000294. The van der Waals surface area contributed by atoms with Gasteiger partial charge in [0.25, 0.3) is 11.8 Å². The first-order chi connectivity index (χ1) is 54.9. The van der Waals surface area contributed by atoms with Crippen LogP contribution in [0.5, 0.6) is 11.5 Å². The molecule has 4 unspecified atom stereocenters. The summed E-state index contributed by atoms with van der Waals surface area (Å²) in [5, 5.41) is 133. The van der Waals surface area contributed by atoms with E-state index in [2.05, 4.69) is 36.5 Å². The van der Waals surface area contributed by atoms with E-state index < -0.39 is 293 Å². The molecule has 4 aromatic rings. The number of aliphatic hydroxyl groups is 7. The predicted octanol–water partition coefficient (Wildman–Crippen LogP) is 62.4. The molecule has 3 saturated heterocycles. The van der Waals surface area contributed by atoms with Crippen molar-refractivity contribution in [3.63, 3.8) is 0 Å². The van der Waals surface area contributed by atoms with Crippen molar-refractivity contribution in [1.82, 2.24) is 36.4 Å². The molecule has 0 aliphatic carbocycles. The molecule has 0 radical (unpaired) electrons. The fourth-order valence-electron chi connectivity index (χ4n) is 13.2. The van der Waals surface area contributed by atoms with Crippen LogP contribution in [0.15, 0.2) is 66.5 Å². The number of carbonyl (C=O) groups is 7. The van der Waals surface area contributed by atoms with Gasteiger partial charge in [-0.25, -0.2) is 20.7 Å². The Morgan fingerprint density at radius 1 is 0.796 bits per heavy atom. The molecule has 3 aliphatic rings. The molecule has 0 bridgehead atoms. The first-order valence-electron chi connectivity index (χ1n) is 41.9. The number of ether oxygens (including phenoxy) is 1. The third-order valence-electron chi connectivity index (χ3n) is 20.1. The molecule has 103 heavy (non-hydrogen) atoms. The summed E-state index contributed by atoms with van der Waals surface area (Å²) < 4.78 is 164. The maximum Gasteiger partial charge on any atom is 0.252 e. The summed E-state index contributed by atoms with van der Waals surface area (Å²) in [6.07, 6.45) is -29.2. The summed E-state index contributed by atoms with van der Waals surface area (Å²) in [6, 6.07) is -16.6. The van der Waals surface area contributed by atoms with Crippen molar-refractivity contribution in [2.45, 2.75) is 253 Å². The molecule has 4 aromatic carbocycles. The van der Waals surface area contributed by atoms with Crippen molar-refractivity contribution in [2.75, 3.05) is 6.54 Å². The summed E-state index contributed by atoms with van der Waals surface area (Å²) in [5.41, 5.74) is -11.0. The summed E-state index contributed by atoms with van der Waals surface area (Å²) in [6.45, 7) is 15.1. The third kappa shape index (κ3) is 17.8. The van der Waals surface area contributed by atoms with Crippen molar-refractivity contribution in [3.05, 3.63) is 105 Å². The number of aromatic hydroxyl groups is 1. The van der Waals surface area contributed by atoms with Gasteiger partial charge in [-0.1, -0.05) is 116 Å². The van der Waals surface area contributed by atoms with Crippen LogP contribution >= 0.6 is 0 Å². The summed E-state index contributed by atoms with van der Waals surface area (Å²) in [5.74, 6) is -17.4. The van der Waals surface area contributed by atoms with Crippen LogP contribution < -0.4 is 31.3 Å². The van der Waals surface area contributed by atoms with Gasteiger partial charge in [0.15, 0.2) is 6.23 Å². The fourth-order valence-corrected chi connectivity index (χ4v) is 13.2. The highest BCUT2D eigenvalue weighted by Crippen LogP contribution is 2.47. The first-order valence-corrected chi connectivity index (χ1v) is 32.9. The number of fused-ring (bicyclic) bond motifs is 2. The topological polar surface area (TPSA) is 436 Å². The van der Waals surface area contributed by atoms with E-state index >= 15 is 33.6 Å². The van der Waals surface area contributed by atoms with E-state index in [1.807, 2.05) is 0 Å². The van der Waals surface area contributed by atoms with Gasteiger partial charge in [0.05, 0.1) is 44.2 Å². The lowest BCUT2D eigenvalue weighted by Crippen LogP contribution is -2.71. The maximum atomic E-state index is 15.7. The van der Waals surface area contributed by atoms with E-state index in [9.17, 15) is 54.3 Å². The lowest BCUT2D eigenvalue weighted by atomic mass is 9.71. The number of hydrogen-bond donors (Lipinski definition) is 16. The minimum Gasteiger partial charge on any atom is -0.508 e. The predicted molar refractivity (Wildman–Crippen MR) is 871 cm³/mol. The molecule has 0 aromatic heterocycles. The molecular formula is C75H573N7O21. The van der Waals surface area contributed by atoms with Gasteiger partial charge in [0.2, 0.25) is 29.5 Å². The minimum atomic E-state index is -3.65. The highest BCUT2D eigenvalue weighted by atomic mass is 17.4. The molecule has 3 heterocycles. The van der Waals surface area contributed by atoms with E-state index in [1.54, 1.807) is 13.8 Å². The molecule has 0 spiro atoms. The van der Waals surface area contributed by atoms with Crippen molar-refractivity contribution in [1.29, 1.82) is 0 Å². The van der Waals surface area contributed by atoms with Crippen LogP contribution in [0.3, 0.4) is 0 Å². The second-order valence-corrected chi connectivity index (χ2v) is 26.9. The molecule has 0 saturated carbocycles. The SMILES string of the molecule is C.OOO.[2H]c1c([2H])c(-c2c([2H])c([2H])c(-c3c([2H])c([2H])c(C(=O)N[C@@H]4C(=O)N[C@@](C)([C@H](O)CC)C(=O)N5C[C@H](O)C[C@@]5(C)C(=O)N[C@@H]([C@H](O)[C@@H](O)c5ccc(O)c(C)c5C)C(=O)N[C@@H]([C@H](O)CC)C(=O)N5C(C)[C@](C)(C(C)C)[C@H](O)[C@H]5C(=O)N[C@H](OO)[C@H](O)C4C)c(C)c3[2H])c(C)c2[2H])c(C)c([2H])c1OC([2H])(C)C([2H])([2H])C([2H])(C)C([2H])([2H])C([2H])([2H])[2H].[HH].[HH].[HH].[HH].[HH].[HH].[HH].[HH].[HH].[HH].[HH].[HH].[HH].[HH].[HH].[HH].[HH].[HH].[HH].[HH].[HH].[HH].[HH].[HH].[HH].[HH].[HH].[HH].[HH].[HH].[HH].[HH].[HH].[HH].[HH].[HH].[HH].[HH].[HH].[HH].[HH].[HH].[HH].[HH].[HH].[HH].[HH].[HH].[HH].[HH].[HH].[HH].[HH].[HH].[HH].[HH].[HH].[HH].[HH].[HH].[HH].[HH].[HH].[HH].[HH].[HH].[HH].[HH].[HH].[HH].[HH].[HH].[HH].[HH].[HH].[HH].[HH].[HH].[HH].[HH].[HH].[HH].[HH].[HH].[HH].[HH].[HH].[HH].[HH].[HH].[HH].[HH].[HH].[HH].[HH].[HH].[HH].[HH].[HH].[HH].[HH].[HH].[HH].[HH].[HH].[HH].[HH].[HH].[HH].[HH].[HH].[HH].[HH].[HH].[HH].[HH].[HH].[HH].[HH].[HH].[HH].[HH].[HH].[HH].[HH].[HH].[HH].[HH].[HH].[HH].[HH].[HH].[HH].[HH].[HH].[HH].[HH].[HH].[HH].[HH].[HH].[HH].[HH].[HH].[HH].[HH].[HH].[HH].[HH].[HH].[HH].[HH].[HH].[HH].[HH].[HH].[HH].[HH].[HH].[HH].[HH].[HH].[HH].[HH].[HH].[HH].[HH].[HH].[HH].[HH].[HH].[HH].[HH].[HH].[HH].[HH].[HH].[HH].[HH].[HH].[HH].[HH].[HH].[HH].[HH].[HH].[HH].[HH].[HH].[HH].[HH].[HH].[HH].[HH].[HH].[HH].[HH].[HH].[HH].[HH].[HH].[HH].[HH].[HH].[HH].[HH].[HH].[HH].[HH].[HH].[HH].[HH].[HH].[HH].[HH].[HH].[HH].[HH].[HH].[HH].[HH].[HH].[HH].[HH].[HH].[HH].[HH].[HH].[HH].[HH].[HH]. The Labute approximate surface area is 971 Å². The fraction of sp³-hybridized carbons (Fsp3) is 0.587. The van der Waals surface area contributed by atoms with Gasteiger partial charge in [0.1, 0.15) is 65.1 Å². The van der Waals surface area contributed by atoms with Gasteiger partial charge in [-0.3, -0.25) is 33.6 Å². The Morgan fingerprint density at radius 3 is 1.97 bits per heavy atom. The molecule has 28 nitrogen and oxygen atoms in total. The number of benzene rings is 4. The van der Waals surface area contributed by atoms with Crippen molar-refractivity contribution in [2.24, 2.45) is 23.1 Å². The van der Waals surface area contributed by atoms with Crippen LogP contribution in [0.1, 0.15) is 527 Å². The lowest BCUT2D eigenvalue weighted by Gasteiger charge is -2.43. The van der Waals surface area contributed by atoms with Crippen LogP contribution in [0.25, 0.3) is 22.3 Å². The number of nitrogens with zero attached hydrogens (tertiary/aromatic N) is 2. The van der Waals surface area contributed by atoms with Crippen molar-refractivity contribution >= 4 is 41.4 Å². The Hall–Kier alpha value is -7.71. The molecule has 19 atom stereocenters. The van der Waals surface area contributed by atoms with Crippen LogP contribution in [0.4, 0.5) is 0 Å². The summed E-state index contributed by atoms with van der Waals surface area (Å²) >= 11 is 0. The Kier molecular flexibility index (Phi) is 21.2. The van der Waals surface area contributed by atoms with E-state index in [4.69, 9.17) is 31.7 Å². The van der Waals surface area contributed by atoms with Gasteiger partial charge >= 0.3 is 0 Å². The van der Waals surface area contributed by atoms with Gasteiger partial charge in [0, 0.05) is 376 Å². The molecule has 28 heteroatoms. The second kappa shape index (κ2) is 35.4. The monoisotopic (exact) mass is 1930 g/mol. The van der Waals surface area contributed by atoms with Gasteiger partial charge in [-0.05, 0) is 173 Å². The zero-order chi connectivity index (χ0) is 92.5. The number of β-amino-alcohol motifs (C(OH)–C–C–N with tert-alkyl or cyclic N) is 1. The average molecular weight is 1930 g/mol. The highest BCUT2D eigenvalue weighted by molar-refractivity contribution is 6.03. The zero-order valence-corrected chi connectivity index (χ0v) is 59.5. The normalized spacial score (nSPS) is 32.0. The van der Waals surface area contributed by atoms with E-state index in [1.165, 1.54) is 54.5 Å². The van der Waals surface area contributed by atoms with E-state index in [0.717, 1.165) is 45.6 Å². The molecule has 7 amide bonds. The van der Waals surface area contributed by atoms with E-state index in [-0.39, 0.29) is 377 Å². The smallest absolute Gasteiger partial charge is 0.252 e.